The monoisotopic (exact) mass is 460 g/mol. The summed E-state index contributed by atoms with van der Waals surface area (Å²) in [4.78, 5) is 33.7. The van der Waals surface area contributed by atoms with E-state index in [0.29, 0.717) is 30.9 Å². The summed E-state index contributed by atoms with van der Waals surface area (Å²) in [6.07, 6.45) is 1.71. The van der Waals surface area contributed by atoms with Crippen LogP contribution in [0, 0.1) is 24.4 Å². The van der Waals surface area contributed by atoms with Gasteiger partial charge in [-0.15, -0.1) is 11.3 Å². The molecule has 2 heterocycles. The maximum absolute atomic E-state index is 13.8. The quantitative estimate of drug-likeness (QED) is 0.615. The lowest BCUT2D eigenvalue weighted by atomic mass is 10.0. The van der Waals surface area contributed by atoms with Crippen molar-refractivity contribution in [3.05, 3.63) is 80.6 Å². The Hall–Kier alpha value is -3.40. The highest BCUT2D eigenvalue weighted by Gasteiger charge is 2.29. The molecule has 6 nitrogen and oxygen atoms in total. The first-order chi connectivity index (χ1) is 15.2. The number of nitrogens with zero attached hydrogens (tertiary/aromatic N) is 3. The van der Waals surface area contributed by atoms with Gasteiger partial charge < -0.3 is 10.2 Å². The maximum Gasteiger partial charge on any atom is 0.324 e. The molecule has 1 aromatic heterocycles. The second-order valence-electron chi connectivity index (χ2n) is 7.44. The van der Waals surface area contributed by atoms with Gasteiger partial charge in [0.2, 0.25) is 0 Å². The van der Waals surface area contributed by atoms with Gasteiger partial charge in [-0.3, -0.25) is 9.69 Å². The van der Waals surface area contributed by atoms with Gasteiger partial charge in [0, 0.05) is 54.5 Å². The number of anilines is 1. The third-order valence-corrected chi connectivity index (χ3v) is 6.02. The zero-order valence-electron chi connectivity index (χ0n) is 17.3. The van der Waals surface area contributed by atoms with Gasteiger partial charge in [-0.05, 0) is 24.6 Å². The molecule has 1 aliphatic heterocycles. The SMILES string of the molecule is Cc1ncc(CN2C(=O)N(C)Cc3ccc(C(=O)NCc4c(F)cc(F)cc4F)cc32)s1. The van der Waals surface area contributed by atoms with Gasteiger partial charge >= 0.3 is 6.03 Å². The number of carbonyl (C=O) groups excluding carboxylic acids is 2. The Morgan fingerprint density at radius 2 is 1.91 bits per heavy atom. The Morgan fingerprint density at radius 3 is 2.56 bits per heavy atom. The fourth-order valence-electron chi connectivity index (χ4n) is 3.52. The van der Waals surface area contributed by atoms with Crippen molar-refractivity contribution in [2.24, 2.45) is 0 Å². The highest BCUT2D eigenvalue weighted by molar-refractivity contribution is 7.11. The summed E-state index contributed by atoms with van der Waals surface area (Å²) >= 11 is 1.48. The van der Waals surface area contributed by atoms with Crippen LogP contribution < -0.4 is 10.2 Å². The molecule has 0 aliphatic carbocycles. The first-order valence-electron chi connectivity index (χ1n) is 9.71. The zero-order valence-corrected chi connectivity index (χ0v) is 18.1. The number of hydrogen-bond acceptors (Lipinski definition) is 4. The number of halogens is 3. The van der Waals surface area contributed by atoms with Crippen molar-refractivity contribution in [3.8, 4) is 0 Å². The number of urea groups is 1. The molecule has 2 aromatic carbocycles. The molecule has 0 unspecified atom stereocenters. The molecule has 1 aliphatic rings. The molecule has 0 spiro atoms. The number of carbonyl (C=O) groups is 2. The van der Waals surface area contributed by atoms with Crippen molar-refractivity contribution in [1.82, 2.24) is 15.2 Å². The number of aromatic nitrogens is 1. The van der Waals surface area contributed by atoms with E-state index in [1.165, 1.54) is 11.3 Å². The molecule has 166 valence electrons. The van der Waals surface area contributed by atoms with Crippen LogP contribution in [0.1, 0.15) is 31.4 Å². The largest absolute Gasteiger partial charge is 0.348 e. The minimum Gasteiger partial charge on any atom is -0.348 e. The van der Waals surface area contributed by atoms with Crippen LogP contribution in [0.3, 0.4) is 0 Å². The fourth-order valence-corrected chi connectivity index (χ4v) is 4.30. The maximum atomic E-state index is 13.8. The first-order valence-corrected chi connectivity index (χ1v) is 10.5. The molecule has 10 heteroatoms. The Morgan fingerprint density at radius 1 is 1.19 bits per heavy atom. The average Bonchev–Trinajstić information content (AvgIpc) is 3.15. The molecule has 0 radical (unpaired) electrons. The molecule has 0 saturated carbocycles. The predicted octanol–water partition coefficient (Wildman–Crippen LogP) is 4.37. The van der Waals surface area contributed by atoms with Crippen LogP contribution in [-0.2, 0) is 19.6 Å². The lowest BCUT2D eigenvalue weighted by Gasteiger charge is -2.35. The van der Waals surface area contributed by atoms with E-state index >= 15 is 0 Å². The van der Waals surface area contributed by atoms with Gasteiger partial charge in [-0.2, -0.15) is 0 Å². The number of benzene rings is 2. The highest BCUT2D eigenvalue weighted by Crippen LogP contribution is 2.31. The van der Waals surface area contributed by atoms with Crippen molar-refractivity contribution in [3.63, 3.8) is 0 Å². The summed E-state index contributed by atoms with van der Waals surface area (Å²) in [6.45, 7) is 2.12. The molecular weight excluding hydrogens is 441 g/mol. The van der Waals surface area contributed by atoms with E-state index < -0.39 is 35.5 Å². The summed E-state index contributed by atoms with van der Waals surface area (Å²) in [5.74, 6) is -3.76. The number of rotatable bonds is 5. The van der Waals surface area contributed by atoms with E-state index in [9.17, 15) is 22.8 Å². The van der Waals surface area contributed by atoms with Crippen molar-refractivity contribution in [1.29, 1.82) is 0 Å². The van der Waals surface area contributed by atoms with Crippen LogP contribution in [0.25, 0.3) is 0 Å². The van der Waals surface area contributed by atoms with Gasteiger partial charge in [0.1, 0.15) is 17.5 Å². The summed E-state index contributed by atoms with van der Waals surface area (Å²) in [7, 11) is 1.70. The summed E-state index contributed by atoms with van der Waals surface area (Å²) in [5, 5.41) is 3.33. The van der Waals surface area contributed by atoms with E-state index in [2.05, 4.69) is 10.3 Å². The fraction of sp³-hybridized carbons (Fsp3) is 0.227. The number of aryl methyl sites for hydroxylation is 1. The van der Waals surface area contributed by atoms with Crippen molar-refractivity contribution in [2.45, 2.75) is 26.6 Å². The summed E-state index contributed by atoms with van der Waals surface area (Å²) < 4.78 is 40.8. The smallest absolute Gasteiger partial charge is 0.324 e. The number of thiazole rings is 1. The molecule has 32 heavy (non-hydrogen) atoms. The van der Waals surface area contributed by atoms with Crippen molar-refractivity contribution in [2.75, 3.05) is 11.9 Å². The molecule has 0 bridgehead atoms. The average molecular weight is 460 g/mol. The van der Waals surface area contributed by atoms with E-state index in [1.807, 2.05) is 6.92 Å². The molecule has 4 rings (SSSR count). The van der Waals surface area contributed by atoms with Crippen LogP contribution in [0.4, 0.5) is 23.7 Å². The van der Waals surface area contributed by atoms with Gasteiger partial charge in [0.25, 0.3) is 5.91 Å². The van der Waals surface area contributed by atoms with E-state index in [-0.39, 0.29) is 11.6 Å². The molecule has 3 amide bonds. The second kappa shape index (κ2) is 8.62. The summed E-state index contributed by atoms with van der Waals surface area (Å²) in [6, 6.07) is 5.83. The zero-order chi connectivity index (χ0) is 23.0. The second-order valence-corrected chi connectivity index (χ2v) is 8.76. The van der Waals surface area contributed by atoms with E-state index in [1.54, 1.807) is 41.2 Å². The van der Waals surface area contributed by atoms with E-state index in [4.69, 9.17) is 0 Å². The van der Waals surface area contributed by atoms with Crippen molar-refractivity contribution >= 4 is 29.0 Å². The van der Waals surface area contributed by atoms with Gasteiger partial charge in [-0.1, -0.05) is 6.07 Å². The topological polar surface area (TPSA) is 65.5 Å². The number of hydrogen-bond donors (Lipinski definition) is 1. The summed E-state index contributed by atoms with van der Waals surface area (Å²) in [5.41, 5.74) is 1.25. The molecule has 0 saturated heterocycles. The number of nitrogens with one attached hydrogen (secondary N) is 1. The normalized spacial score (nSPS) is 13.3. The molecular formula is C22H19F3N4O2S. The minimum atomic E-state index is -1.08. The Balaban J connectivity index is 1.58. The molecule has 1 N–H and O–H groups in total. The minimum absolute atomic E-state index is 0.212. The molecule has 0 atom stereocenters. The van der Waals surface area contributed by atoms with Crippen LogP contribution >= 0.6 is 11.3 Å². The van der Waals surface area contributed by atoms with Crippen LogP contribution in [0.2, 0.25) is 0 Å². The van der Waals surface area contributed by atoms with Crippen LogP contribution in [-0.4, -0.2) is 28.9 Å². The van der Waals surface area contributed by atoms with Gasteiger partial charge in [0.05, 0.1) is 17.2 Å². The Labute approximate surface area is 186 Å². The van der Waals surface area contributed by atoms with Crippen LogP contribution in [0.5, 0.6) is 0 Å². The number of fused-ring (bicyclic) bond motifs is 1. The lowest BCUT2D eigenvalue weighted by Crippen LogP contribution is -2.44. The third kappa shape index (κ3) is 4.31. The lowest BCUT2D eigenvalue weighted by molar-refractivity contribution is 0.0950. The van der Waals surface area contributed by atoms with Crippen LogP contribution in [0.15, 0.2) is 36.5 Å². The van der Waals surface area contributed by atoms with Crippen molar-refractivity contribution < 1.29 is 22.8 Å². The molecule has 3 aromatic rings. The first kappa shape index (κ1) is 21.8. The predicted molar refractivity (Wildman–Crippen MR) is 114 cm³/mol. The third-order valence-electron chi connectivity index (χ3n) is 5.12. The number of amides is 3. The van der Waals surface area contributed by atoms with Gasteiger partial charge in [-0.25, -0.2) is 22.9 Å². The Bertz CT molecular complexity index is 1190. The van der Waals surface area contributed by atoms with E-state index in [0.717, 1.165) is 15.4 Å². The van der Waals surface area contributed by atoms with Gasteiger partial charge in [0.15, 0.2) is 0 Å². The highest BCUT2D eigenvalue weighted by atomic mass is 32.1. The Kier molecular flexibility index (Phi) is 5.88. The molecule has 0 fully saturated rings. The standard InChI is InChI=1S/C22H19F3N4O2S/c1-12-26-8-16(32-12)11-29-20-5-13(3-4-14(20)10-28(2)22(29)31)21(30)27-9-17-18(24)6-15(23)7-19(17)25/h3-8H,9-11H2,1-2H3,(H,27,30).